The normalized spacial score (nSPS) is 14.1. The van der Waals surface area contributed by atoms with Gasteiger partial charge < -0.3 is 15.5 Å². The van der Waals surface area contributed by atoms with Crippen LogP contribution in [0, 0.1) is 26.7 Å². The van der Waals surface area contributed by atoms with Crippen molar-refractivity contribution in [3.05, 3.63) is 59.2 Å². The molecule has 3 aromatic rings. The van der Waals surface area contributed by atoms with Crippen molar-refractivity contribution in [2.75, 3.05) is 29.5 Å². The first-order chi connectivity index (χ1) is 16.4. The molecule has 1 fully saturated rings. The number of carbonyl (C=O) groups excluding carboxylic acids is 2. The van der Waals surface area contributed by atoms with E-state index < -0.39 is 0 Å². The number of hydrogen-bond acceptors (Lipinski definition) is 7. The van der Waals surface area contributed by atoms with Crippen LogP contribution in [0.2, 0.25) is 0 Å². The minimum absolute atomic E-state index is 0.0429. The van der Waals surface area contributed by atoms with Crippen LogP contribution < -0.4 is 10.6 Å². The predicted molar refractivity (Wildman–Crippen MR) is 139 cm³/mol. The Morgan fingerprint density at radius 3 is 2.47 bits per heavy atom. The first-order valence-corrected chi connectivity index (χ1v) is 13.1. The Labute approximate surface area is 208 Å². The molecule has 1 aliphatic heterocycles. The largest absolute Gasteiger partial charge is 0.342 e. The maximum absolute atomic E-state index is 12.8. The molecule has 178 valence electrons. The van der Waals surface area contributed by atoms with Gasteiger partial charge in [-0.05, 0) is 62.4 Å². The summed E-state index contributed by atoms with van der Waals surface area (Å²) in [4.78, 5) is 27.3. The van der Waals surface area contributed by atoms with E-state index in [1.165, 1.54) is 28.7 Å². The van der Waals surface area contributed by atoms with Crippen molar-refractivity contribution in [2.24, 2.45) is 5.92 Å². The molecular formula is C25H29N5O2S2. The number of benzene rings is 2. The van der Waals surface area contributed by atoms with Crippen molar-refractivity contribution in [3.8, 4) is 0 Å². The molecule has 0 saturated carbocycles. The van der Waals surface area contributed by atoms with Gasteiger partial charge in [0.25, 0.3) is 0 Å². The molecule has 0 aliphatic carbocycles. The Morgan fingerprint density at radius 1 is 1.06 bits per heavy atom. The van der Waals surface area contributed by atoms with Crippen molar-refractivity contribution >= 4 is 51.4 Å². The molecule has 0 bridgehead atoms. The number of nitrogens with zero attached hydrogens (tertiary/aromatic N) is 3. The van der Waals surface area contributed by atoms with Gasteiger partial charge in [0, 0.05) is 30.4 Å². The van der Waals surface area contributed by atoms with Gasteiger partial charge in [-0.25, -0.2) is 0 Å². The Kier molecular flexibility index (Phi) is 7.84. The Hall–Kier alpha value is -2.91. The highest BCUT2D eigenvalue weighted by atomic mass is 32.2. The number of piperidine rings is 1. The van der Waals surface area contributed by atoms with E-state index in [9.17, 15) is 9.59 Å². The summed E-state index contributed by atoms with van der Waals surface area (Å²) in [5.74, 6) is 0.357. The number of likely N-dealkylation sites (tertiary alicyclic amines) is 1. The molecule has 1 aromatic heterocycles. The summed E-state index contributed by atoms with van der Waals surface area (Å²) >= 11 is 2.84. The molecule has 2 aromatic carbocycles. The molecule has 0 atom stereocenters. The smallest absolute Gasteiger partial charge is 0.233 e. The maximum Gasteiger partial charge on any atom is 0.233 e. The third kappa shape index (κ3) is 6.15. The van der Waals surface area contributed by atoms with Gasteiger partial charge in [0.05, 0.1) is 5.75 Å². The van der Waals surface area contributed by atoms with Crippen molar-refractivity contribution in [3.63, 3.8) is 0 Å². The van der Waals surface area contributed by atoms with E-state index in [0.717, 1.165) is 26.8 Å². The molecule has 2 heterocycles. The number of hydrogen-bond donors (Lipinski definition) is 2. The molecule has 0 radical (unpaired) electrons. The summed E-state index contributed by atoms with van der Waals surface area (Å²) in [6, 6.07) is 14.1. The summed E-state index contributed by atoms with van der Waals surface area (Å²) in [5, 5.41) is 15.4. The fraction of sp³-hybridized carbons (Fsp3) is 0.360. The molecule has 1 aliphatic rings. The van der Waals surface area contributed by atoms with E-state index in [2.05, 4.69) is 20.8 Å². The van der Waals surface area contributed by atoms with Gasteiger partial charge in [-0.1, -0.05) is 53.4 Å². The van der Waals surface area contributed by atoms with E-state index >= 15 is 0 Å². The summed E-state index contributed by atoms with van der Waals surface area (Å²) in [5.41, 5.74) is 5.16. The van der Waals surface area contributed by atoms with Crippen LogP contribution in [0.25, 0.3) is 0 Å². The fourth-order valence-electron chi connectivity index (χ4n) is 4.01. The second-order valence-electron chi connectivity index (χ2n) is 8.57. The Morgan fingerprint density at radius 2 is 1.76 bits per heavy atom. The van der Waals surface area contributed by atoms with Crippen LogP contribution in [0.15, 0.2) is 46.8 Å². The topological polar surface area (TPSA) is 87.2 Å². The van der Waals surface area contributed by atoms with E-state index in [0.29, 0.717) is 36.8 Å². The zero-order chi connectivity index (χ0) is 24.1. The predicted octanol–water partition coefficient (Wildman–Crippen LogP) is 5.18. The third-order valence-electron chi connectivity index (χ3n) is 5.94. The molecule has 2 N–H and O–H groups in total. The first-order valence-electron chi connectivity index (χ1n) is 11.3. The van der Waals surface area contributed by atoms with Gasteiger partial charge in [-0.2, -0.15) is 0 Å². The molecule has 0 unspecified atom stereocenters. The third-order valence-corrected chi connectivity index (χ3v) is 7.90. The number of carbonyl (C=O) groups is 2. The minimum atomic E-state index is -0.0749. The van der Waals surface area contributed by atoms with Crippen LogP contribution in [0.3, 0.4) is 0 Å². The lowest BCUT2D eigenvalue weighted by atomic mass is 9.95. The average molecular weight is 496 g/mol. The van der Waals surface area contributed by atoms with Gasteiger partial charge >= 0.3 is 0 Å². The summed E-state index contributed by atoms with van der Waals surface area (Å²) < 4.78 is 0.756. The van der Waals surface area contributed by atoms with Gasteiger partial charge in [0.15, 0.2) is 4.34 Å². The van der Waals surface area contributed by atoms with Crippen LogP contribution in [0.1, 0.15) is 29.5 Å². The van der Waals surface area contributed by atoms with Crippen molar-refractivity contribution in [1.29, 1.82) is 0 Å². The zero-order valence-corrected chi connectivity index (χ0v) is 21.3. The van der Waals surface area contributed by atoms with Gasteiger partial charge in [-0.3, -0.25) is 9.59 Å². The number of amides is 2. The molecule has 7 nitrogen and oxygen atoms in total. The quantitative estimate of drug-likeness (QED) is 0.440. The summed E-state index contributed by atoms with van der Waals surface area (Å²) in [6.45, 7) is 7.24. The van der Waals surface area contributed by atoms with E-state index in [1.54, 1.807) is 0 Å². The van der Waals surface area contributed by atoms with Crippen LogP contribution in [-0.4, -0.2) is 45.8 Å². The van der Waals surface area contributed by atoms with Crippen molar-refractivity contribution < 1.29 is 9.59 Å². The summed E-state index contributed by atoms with van der Waals surface area (Å²) in [6.07, 6.45) is 1.35. The van der Waals surface area contributed by atoms with E-state index in [4.69, 9.17) is 0 Å². The number of anilines is 3. The molecular weight excluding hydrogens is 466 g/mol. The molecule has 2 amide bonds. The van der Waals surface area contributed by atoms with Crippen LogP contribution in [0.4, 0.5) is 16.5 Å². The van der Waals surface area contributed by atoms with Gasteiger partial charge in [0.2, 0.25) is 16.9 Å². The van der Waals surface area contributed by atoms with Gasteiger partial charge in [-0.15, -0.1) is 10.2 Å². The molecule has 9 heteroatoms. The lowest BCUT2D eigenvalue weighted by molar-refractivity contribution is -0.132. The SMILES string of the molecule is Cc1cccc(Nc2nnc(SCC(=O)N3CCC(C(=O)Nc4c(C)cccc4C)CC3)s2)c1. The second kappa shape index (κ2) is 11.0. The van der Waals surface area contributed by atoms with Crippen LogP contribution in [0.5, 0.6) is 0 Å². The highest BCUT2D eigenvalue weighted by Crippen LogP contribution is 2.29. The van der Waals surface area contributed by atoms with Crippen molar-refractivity contribution in [2.45, 2.75) is 38.0 Å². The van der Waals surface area contributed by atoms with Crippen molar-refractivity contribution in [1.82, 2.24) is 15.1 Å². The highest BCUT2D eigenvalue weighted by molar-refractivity contribution is 8.01. The Bertz CT molecular complexity index is 1150. The number of aryl methyl sites for hydroxylation is 3. The number of rotatable bonds is 7. The standard InChI is InChI=1S/C25H29N5O2S2/c1-16-6-4-9-20(14-16)26-24-28-29-25(34-24)33-15-21(31)30-12-10-19(11-13-30)23(32)27-22-17(2)7-5-8-18(22)3/h4-9,14,19H,10-13,15H2,1-3H3,(H,26,28)(H,27,32). The number of para-hydroxylation sites is 1. The van der Waals surface area contributed by atoms with E-state index in [1.807, 2.05) is 68.1 Å². The first kappa shape index (κ1) is 24.2. The van der Waals surface area contributed by atoms with Crippen LogP contribution in [-0.2, 0) is 9.59 Å². The Balaban J connectivity index is 1.23. The summed E-state index contributed by atoms with van der Waals surface area (Å²) in [7, 11) is 0. The molecule has 34 heavy (non-hydrogen) atoms. The maximum atomic E-state index is 12.8. The fourth-order valence-corrected chi connectivity index (χ4v) is 5.68. The average Bonchev–Trinajstić information content (AvgIpc) is 3.27. The number of thioether (sulfide) groups is 1. The minimum Gasteiger partial charge on any atom is -0.342 e. The highest BCUT2D eigenvalue weighted by Gasteiger charge is 2.28. The number of nitrogens with one attached hydrogen (secondary N) is 2. The second-order valence-corrected chi connectivity index (χ2v) is 10.8. The lowest BCUT2D eigenvalue weighted by Gasteiger charge is -2.31. The molecule has 4 rings (SSSR count). The van der Waals surface area contributed by atoms with Gasteiger partial charge in [0.1, 0.15) is 0 Å². The molecule has 0 spiro atoms. The number of aromatic nitrogens is 2. The monoisotopic (exact) mass is 495 g/mol. The van der Waals surface area contributed by atoms with E-state index in [-0.39, 0.29) is 17.7 Å². The zero-order valence-electron chi connectivity index (χ0n) is 19.6. The lowest BCUT2D eigenvalue weighted by Crippen LogP contribution is -2.42. The molecule has 1 saturated heterocycles. The van der Waals surface area contributed by atoms with Crippen LogP contribution >= 0.6 is 23.1 Å².